The highest BCUT2D eigenvalue weighted by molar-refractivity contribution is 5.76. The zero-order valence-electron chi connectivity index (χ0n) is 15.1. The topological polar surface area (TPSA) is 41.6 Å². The Morgan fingerprint density at radius 2 is 2.00 bits per heavy atom. The van der Waals surface area contributed by atoms with Crippen molar-refractivity contribution in [2.45, 2.75) is 65.1 Å². The van der Waals surface area contributed by atoms with Crippen LogP contribution in [0, 0.1) is 0 Å². The molecule has 0 aromatic heterocycles. The molecule has 4 heteroatoms. The largest absolute Gasteiger partial charge is 0.488 e. The van der Waals surface area contributed by atoms with Gasteiger partial charge in [-0.3, -0.25) is 4.79 Å². The highest BCUT2D eigenvalue weighted by Gasteiger charge is 2.26. The molecule has 0 radical (unpaired) electrons. The molecular weight excluding hydrogens is 288 g/mol. The molecule has 1 amide bonds. The van der Waals surface area contributed by atoms with E-state index in [1.165, 1.54) is 5.56 Å². The highest BCUT2D eigenvalue weighted by atomic mass is 16.5. The van der Waals surface area contributed by atoms with Gasteiger partial charge in [-0.2, -0.15) is 0 Å². The summed E-state index contributed by atoms with van der Waals surface area (Å²) in [4.78, 5) is 13.7. The molecule has 0 unspecified atom stereocenters. The van der Waals surface area contributed by atoms with Gasteiger partial charge in [0, 0.05) is 31.6 Å². The van der Waals surface area contributed by atoms with Gasteiger partial charge in [0.25, 0.3) is 0 Å². The van der Waals surface area contributed by atoms with Gasteiger partial charge in [-0.1, -0.05) is 19.1 Å². The van der Waals surface area contributed by atoms with Crippen molar-refractivity contribution in [3.05, 3.63) is 29.8 Å². The number of carbonyl (C=O) groups excluding carboxylic acids is 1. The van der Waals surface area contributed by atoms with E-state index in [0.717, 1.165) is 25.3 Å². The third kappa shape index (κ3) is 5.24. The SMILES string of the molecule is CCC(=O)N1CC[C@H](N[C@@H](C)c2ccc(OC(C)(C)C)cc2)C1. The van der Waals surface area contributed by atoms with E-state index < -0.39 is 0 Å². The Kier molecular flexibility index (Phi) is 5.69. The number of likely N-dealkylation sites (tertiary alicyclic amines) is 1. The molecule has 1 saturated heterocycles. The Morgan fingerprint density at radius 3 is 2.57 bits per heavy atom. The van der Waals surface area contributed by atoms with Crippen LogP contribution in [-0.2, 0) is 4.79 Å². The lowest BCUT2D eigenvalue weighted by Crippen LogP contribution is -2.36. The smallest absolute Gasteiger partial charge is 0.222 e. The highest BCUT2D eigenvalue weighted by Crippen LogP contribution is 2.22. The predicted molar refractivity (Wildman–Crippen MR) is 93.6 cm³/mol. The van der Waals surface area contributed by atoms with Crippen LogP contribution in [0.4, 0.5) is 0 Å². The van der Waals surface area contributed by atoms with E-state index in [1.54, 1.807) is 0 Å². The second-order valence-corrected chi connectivity index (χ2v) is 7.35. The van der Waals surface area contributed by atoms with Gasteiger partial charge in [0.15, 0.2) is 0 Å². The van der Waals surface area contributed by atoms with Gasteiger partial charge in [0.1, 0.15) is 11.4 Å². The van der Waals surface area contributed by atoms with Gasteiger partial charge in [0.05, 0.1) is 0 Å². The number of benzene rings is 1. The lowest BCUT2D eigenvalue weighted by atomic mass is 10.1. The van der Waals surface area contributed by atoms with Crippen molar-refractivity contribution in [1.82, 2.24) is 10.2 Å². The first-order valence-corrected chi connectivity index (χ1v) is 8.61. The average molecular weight is 318 g/mol. The summed E-state index contributed by atoms with van der Waals surface area (Å²) >= 11 is 0. The number of carbonyl (C=O) groups is 1. The zero-order valence-corrected chi connectivity index (χ0v) is 15.1. The van der Waals surface area contributed by atoms with E-state index in [-0.39, 0.29) is 17.6 Å². The molecular formula is C19H30N2O2. The van der Waals surface area contributed by atoms with Crippen molar-refractivity contribution in [1.29, 1.82) is 0 Å². The summed E-state index contributed by atoms with van der Waals surface area (Å²) in [5, 5.41) is 3.64. The van der Waals surface area contributed by atoms with Crippen molar-refractivity contribution in [2.75, 3.05) is 13.1 Å². The summed E-state index contributed by atoms with van der Waals surface area (Å²) < 4.78 is 5.86. The van der Waals surface area contributed by atoms with Crippen LogP contribution in [0.15, 0.2) is 24.3 Å². The lowest BCUT2D eigenvalue weighted by Gasteiger charge is -2.23. The molecule has 2 rings (SSSR count). The van der Waals surface area contributed by atoms with Gasteiger partial charge in [-0.05, 0) is 51.8 Å². The minimum absolute atomic E-state index is 0.176. The maximum atomic E-state index is 11.8. The molecule has 23 heavy (non-hydrogen) atoms. The number of nitrogens with one attached hydrogen (secondary N) is 1. The van der Waals surface area contributed by atoms with Gasteiger partial charge in [-0.15, -0.1) is 0 Å². The van der Waals surface area contributed by atoms with E-state index >= 15 is 0 Å². The average Bonchev–Trinajstić information content (AvgIpc) is 2.94. The van der Waals surface area contributed by atoms with Crippen LogP contribution in [0.1, 0.15) is 59.1 Å². The van der Waals surface area contributed by atoms with Crippen LogP contribution >= 0.6 is 0 Å². The summed E-state index contributed by atoms with van der Waals surface area (Å²) in [5.41, 5.74) is 1.07. The third-order valence-corrected chi connectivity index (χ3v) is 4.13. The Bertz CT molecular complexity index is 519. The third-order valence-electron chi connectivity index (χ3n) is 4.13. The molecule has 4 nitrogen and oxygen atoms in total. The number of hydrogen-bond acceptors (Lipinski definition) is 3. The van der Waals surface area contributed by atoms with Crippen molar-refractivity contribution in [2.24, 2.45) is 0 Å². The Morgan fingerprint density at radius 1 is 1.35 bits per heavy atom. The van der Waals surface area contributed by atoms with Crippen molar-refractivity contribution in [3.8, 4) is 5.75 Å². The molecule has 0 aliphatic carbocycles. The standard InChI is InChI=1S/C19H30N2O2/c1-6-18(22)21-12-11-16(13-21)20-14(2)15-7-9-17(10-8-15)23-19(3,4)5/h7-10,14,16,20H,6,11-13H2,1-5H3/t14-,16-/m0/s1. The van der Waals surface area contributed by atoms with Crippen molar-refractivity contribution < 1.29 is 9.53 Å². The monoisotopic (exact) mass is 318 g/mol. The Hall–Kier alpha value is -1.55. The molecule has 2 atom stereocenters. The number of amides is 1. The lowest BCUT2D eigenvalue weighted by molar-refractivity contribution is -0.129. The molecule has 0 bridgehead atoms. The summed E-state index contributed by atoms with van der Waals surface area (Å²) in [6.07, 6.45) is 1.62. The number of hydrogen-bond donors (Lipinski definition) is 1. The van der Waals surface area contributed by atoms with Crippen LogP contribution in [0.25, 0.3) is 0 Å². The van der Waals surface area contributed by atoms with Crippen LogP contribution in [0.3, 0.4) is 0 Å². The fourth-order valence-electron chi connectivity index (χ4n) is 2.97. The van der Waals surface area contributed by atoms with Crippen LogP contribution < -0.4 is 10.1 Å². The number of ether oxygens (including phenoxy) is 1. The molecule has 1 aliphatic rings. The quantitative estimate of drug-likeness (QED) is 0.903. The van der Waals surface area contributed by atoms with Gasteiger partial charge >= 0.3 is 0 Å². The Balaban J connectivity index is 1.89. The predicted octanol–water partition coefficient (Wildman–Crippen LogP) is 3.53. The van der Waals surface area contributed by atoms with E-state index in [0.29, 0.717) is 12.5 Å². The van der Waals surface area contributed by atoms with Crippen molar-refractivity contribution in [3.63, 3.8) is 0 Å². The van der Waals surface area contributed by atoms with E-state index in [1.807, 2.05) is 24.0 Å². The summed E-state index contributed by atoms with van der Waals surface area (Å²) in [7, 11) is 0. The zero-order chi connectivity index (χ0) is 17.0. The van der Waals surface area contributed by atoms with Gasteiger partial charge < -0.3 is 15.0 Å². The normalized spacial score (nSPS) is 19.7. The first-order chi connectivity index (χ1) is 10.8. The van der Waals surface area contributed by atoms with Gasteiger partial charge in [-0.25, -0.2) is 0 Å². The first kappa shape index (κ1) is 17.8. The molecule has 1 aromatic carbocycles. The van der Waals surface area contributed by atoms with Crippen LogP contribution in [0.5, 0.6) is 5.75 Å². The minimum atomic E-state index is -0.176. The fraction of sp³-hybridized carbons (Fsp3) is 0.632. The fourth-order valence-corrected chi connectivity index (χ4v) is 2.97. The molecule has 1 fully saturated rings. The molecule has 1 N–H and O–H groups in total. The second-order valence-electron chi connectivity index (χ2n) is 7.35. The maximum Gasteiger partial charge on any atom is 0.222 e. The van der Waals surface area contributed by atoms with Crippen LogP contribution in [-0.4, -0.2) is 35.5 Å². The molecule has 1 heterocycles. The van der Waals surface area contributed by atoms with E-state index in [4.69, 9.17) is 4.74 Å². The summed E-state index contributed by atoms with van der Waals surface area (Å²) in [5.74, 6) is 1.15. The van der Waals surface area contributed by atoms with Crippen LogP contribution in [0.2, 0.25) is 0 Å². The summed E-state index contributed by atoms with van der Waals surface area (Å²) in [6, 6.07) is 8.93. The summed E-state index contributed by atoms with van der Waals surface area (Å²) in [6.45, 7) is 11.9. The number of nitrogens with zero attached hydrogens (tertiary/aromatic N) is 1. The second kappa shape index (κ2) is 7.35. The number of rotatable bonds is 5. The molecule has 1 aromatic rings. The van der Waals surface area contributed by atoms with Gasteiger partial charge in [0.2, 0.25) is 5.91 Å². The maximum absolute atomic E-state index is 11.8. The first-order valence-electron chi connectivity index (χ1n) is 8.61. The minimum Gasteiger partial charge on any atom is -0.488 e. The Labute approximate surface area is 140 Å². The molecule has 128 valence electrons. The van der Waals surface area contributed by atoms with E-state index in [9.17, 15) is 4.79 Å². The molecule has 0 saturated carbocycles. The van der Waals surface area contributed by atoms with Crippen molar-refractivity contribution >= 4 is 5.91 Å². The molecule has 0 spiro atoms. The molecule has 1 aliphatic heterocycles. The van der Waals surface area contributed by atoms with E-state index in [2.05, 4.69) is 45.1 Å².